The van der Waals surface area contributed by atoms with Crippen molar-refractivity contribution in [2.24, 2.45) is 28.8 Å². The number of fused-ring (bicyclic) bond motifs is 2. The van der Waals surface area contributed by atoms with Crippen LogP contribution in [0.3, 0.4) is 0 Å². The Kier molecular flexibility index (Phi) is 20.3. The number of amides is 2. The van der Waals surface area contributed by atoms with Crippen molar-refractivity contribution in [3.05, 3.63) is 120 Å². The van der Waals surface area contributed by atoms with E-state index in [1.54, 1.807) is 24.3 Å². The van der Waals surface area contributed by atoms with E-state index in [9.17, 15) is 24.2 Å². The molecule has 3 aromatic rings. The number of ether oxygens (including phenoxy) is 3. The number of carbonyl (C=O) groups is 2. The minimum atomic E-state index is -1.46. The van der Waals surface area contributed by atoms with Gasteiger partial charge in [-0.25, -0.2) is 9.18 Å². The first kappa shape index (κ1) is 52.8. The number of allylic oxidation sites excluding steroid dienone is 1. The molecule has 7 rings (SSSR count). The summed E-state index contributed by atoms with van der Waals surface area (Å²) in [6.07, 6.45) is 21.7. The predicted molar refractivity (Wildman–Crippen MR) is 272 cm³/mol. The van der Waals surface area contributed by atoms with Crippen LogP contribution in [0.15, 0.2) is 102 Å². The monoisotopic (exact) mass is 964 g/mol. The van der Waals surface area contributed by atoms with E-state index in [0.29, 0.717) is 36.6 Å². The van der Waals surface area contributed by atoms with Crippen LogP contribution in [0.4, 0.5) is 9.18 Å². The molecule has 2 amide bonds. The van der Waals surface area contributed by atoms with E-state index in [4.69, 9.17) is 24.2 Å². The molecule has 3 aromatic carbocycles. The van der Waals surface area contributed by atoms with E-state index in [1.807, 2.05) is 47.4 Å². The number of aliphatic hydroxyl groups is 2. The van der Waals surface area contributed by atoms with Crippen LogP contribution in [0.2, 0.25) is 0 Å². The van der Waals surface area contributed by atoms with Crippen molar-refractivity contribution in [2.75, 3.05) is 26.4 Å². The molecule has 380 valence electrons. The van der Waals surface area contributed by atoms with Gasteiger partial charge in [0.1, 0.15) is 30.0 Å². The van der Waals surface area contributed by atoms with Gasteiger partial charge >= 0.3 is 6.09 Å². The molecule has 0 bridgehead atoms. The molecule has 0 radical (unpaired) electrons. The maximum Gasteiger partial charge on any atom is 0.412 e. The van der Waals surface area contributed by atoms with Crippen molar-refractivity contribution in [1.82, 2.24) is 10.2 Å². The highest BCUT2D eigenvalue weighted by atomic mass is 19.1. The Morgan fingerprint density at radius 2 is 1.57 bits per heavy atom. The number of unbranched alkanes of at least 4 members (excludes halogenated alkanes) is 11. The van der Waals surface area contributed by atoms with Crippen molar-refractivity contribution in [2.45, 2.75) is 160 Å². The maximum absolute atomic E-state index is 14.9. The third kappa shape index (κ3) is 13.9. The van der Waals surface area contributed by atoms with Crippen molar-refractivity contribution in [3.63, 3.8) is 0 Å². The average molecular weight is 964 g/mol. The van der Waals surface area contributed by atoms with Gasteiger partial charge in [-0.3, -0.25) is 4.79 Å². The number of hydrogen-bond acceptors (Lipinski definition) is 9. The summed E-state index contributed by atoms with van der Waals surface area (Å²) in [6, 6.07) is 21.0. The molecule has 70 heavy (non-hydrogen) atoms. The number of nitrogens with one attached hydrogen (secondary N) is 1. The Morgan fingerprint density at radius 1 is 0.871 bits per heavy atom. The minimum Gasteiger partial charge on any atom is -0.459 e. The molecular weight excluding hydrogens is 886 g/mol. The third-order valence-corrected chi connectivity index (χ3v) is 14.8. The van der Waals surface area contributed by atoms with E-state index in [2.05, 4.69) is 24.9 Å². The standard InChI is InChI=1S/C58H78FN3O8/c1-3-5-6-7-8-9-10-11-12-18-33-60-57(66)69-47-31-32-52-50(38-47)54-48(24-17-20-35-64)45(23-16-19-34-63)37-49-51(61-68-41-43-21-14-13-15-22-43)39-53(58(70-52,55(49)54)67-36-4-2)62(56(65)44-27-28-44)40-42-25-29-46(59)30-26-42/h4,13-15,21-22,25-26,29-32,37-38,44-45,48,53-55,63-64H,2-3,5-12,16-20,23-24,27-28,33-36,39-41H2,1H3,(H,60,66)/t45-,48+,53-,54+,55+,58+/m0/s1. The molecule has 0 spiro atoms. The Labute approximate surface area is 415 Å². The summed E-state index contributed by atoms with van der Waals surface area (Å²) in [6.45, 7) is 7.52. The third-order valence-electron chi connectivity index (χ3n) is 14.8. The molecule has 3 N–H and O–H groups in total. The summed E-state index contributed by atoms with van der Waals surface area (Å²) in [5.74, 6) is -1.87. The zero-order valence-electron chi connectivity index (χ0n) is 41.5. The first-order valence-electron chi connectivity index (χ1n) is 26.5. The van der Waals surface area contributed by atoms with Crippen LogP contribution in [0.25, 0.3) is 0 Å². The van der Waals surface area contributed by atoms with Crippen molar-refractivity contribution < 1.29 is 43.2 Å². The van der Waals surface area contributed by atoms with Crippen LogP contribution in [0, 0.1) is 29.5 Å². The second-order valence-electron chi connectivity index (χ2n) is 19.9. The SMILES string of the molecule is C=CCO[C@@]12Oc3ccc(OC(=O)NCCCCCCCCCCCC)cc3[C@H]3[C@H](CCCCO)[C@@H](CCCCO)C=C(C(=NOCc4ccccc4)C[C@@H]1N(Cc1ccc(F)cc1)C(=O)C1CC1)[C@H]32. The number of benzene rings is 3. The van der Waals surface area contributed by atoms with Gasteiger partial charge in [-0.05, 0) is 104 Å². The lowest BCUT2D eigenvalue weighted by molar-refractivity contribution is -0.258. The lowest BCUT2D eigenvalue weighted by Gasteiger charge is -2.60. The number of oxime groups is 1. The lowest BCUT2D eigenvalue weighted by atomic mass is 9.55. The molecule has 0 aromatic heterocycles. The summed E-state index contributed by atoms with van der Waals surface area (Å²) in [7, 11) is 0. The minimum absolute atomic E-state index is 0.0105. The second-order valence-corrected chi connectivity index (χ2v) is 19.9. The normalized spacial score (nSPS) is 22.8. The highest BCUT2D eigenvalue weighted by molar-refractivity contribution is 6.03. The van der Waals surface area contributed by atoms with E-state index < -0.39 is 23.8 Å². The molecule has 11 nitrogen and oxygen atoms in total. The fourth-order valence-electron chi connectivity index (χ4n) is 11.1. The van der Waals surface area contributed by atoms with E-state index in [1.165, 1.54) is 57.1 Å². The van der Waals surface area contributed by atoms with E-state index in [0.717, 1.165) is 80.1 Å². The fraction of sp³-hybridized carbons (Fsp3) is 0.569. The van der Waals surface area contributed by atoms with Crippen LogP contribution in [0.1, 0.15) is 152 Å². The Morgan fingerprint density at radius 3 is 2.26 bits per heavy atom. The van der Waals surface area contributed by atoms with E-state index >= 15 is 0 Å². The van der Waals surface area contributed by atoms with Crippen molar-refractivity contribution in [1.29, 1.82) is 0 Å². The number of aliphatic hydroxyl groups excluding tert-OH is 2. The molecule has 2 saturated carbocycles. The van der Waals surface area contributed by atoms with Gasteiger partial charge in [0.05, 0.1) is 18.2 Å². The molecule has 12 heteroatoms. The first-order valence-corrected chi connectivity index (χ1v) is 26.5. The maximum atomic E-state index is 14.9. The van der Waals surface area contributed by atoms with Crippen LogP contribution < -0.4 is 14.8 Å². The van der Waals surface area contributed by atoms with Gasteiger partial charge in [0.15, 0.2) is 0 Å². The Balaban J connectivity index is 1.27. The van der Waals surface area contributed by atoms with Gasteiger partial charge in [-0.15, -0.1) is 6.58 Å². The smallest absolute Gasteiger partial charge is 0.412 e. The summed E-state index contributed by atoms with van der Waals surface area (Å²) in [4.78, 5) is 36.4. The quantitative estimate of drug-likeness (QED) is 0.0341. The largest absolute Gasteiger partial charge is 0.459 e. The Hall–Kier alpha value is -5.04. The van der Waals surface area contributed by atoms with Gasteiger partial charge in [-0.2, -0.15) is 0 Å². The zero-order valence-corrected chi connectivity index (χ0v) is 41.5. The summed E-state index contributed by atoms with van der Waals surface area (Å²) >= 11 is 0. The molecule has 2 fully saturated rings. The van der Waals surface area contributed by atoms with Crippen LogP contribution >= 0.6 is 0 Å². The molecular formula is C58H78FN3O8. The molecule has 4 aliphatic rings. The number of rotatable bonds is 30. The van der Waals surface area contributed by atoms with Gasteiger partial charge in [-0.1, -0.05) is 137 Å². The van der Waals surface area contributed by atoms with Gasteiger partial charge < -0.3 is 39.5 Å². The Bertz CT molecular complexity index is 2180. The molecule has 0 unspecified atom stereocenters. The van der Waals surface area contributed by atoms with Crippen molar-refractivity contribution >= 4 is 17.7 Å². The van der Waals surface area contributed by atoms with Gasteiger partial charge in [0.25, 0.3) is 0 Å². The van der Waals surface area contributed by atoms with Crippen molar-refractivity contribution in [3.8, 4) is 11.5 Å². The highest BCUT2D eigenvalue weighted by Gasteiger charge is 2.66. The number of halogens is 1. The first-order chi connectivity index (χ1) is 34.3. The summed E-state index contributed by atoms with van der Waals surface area (Å²) in [5.41, 5.74) is 4.19. The van der Waals surface area contributed by atoms with Crippen LogP contribution in [0.5, 0.6) is 11.5 Å². The number of hydrogen-bond donors (Lipinski definition) is 3. The van der Waals surface area contributed by atoms with Gasteiger partial charge in [0.2, 0.25) is 11.7 Å². The zero-order chi connectivity index (χ0) is 49.1. The van der Waals surface area contributed by atoms with Crippen LogP contribution in [-0.4, -0.2) is 71.0 Å². The average Bonchev–Trinajstić information content (AvgIpc) is 4.23. The lowest BCUT2D eigenvalue weighted by Crippen LogP contribution is -2.70. The molecule has 1 aliphatic heterocycles. The fourth-order valence-corrected chi connectivity index (χ4v) is 11.1. The van der Waals surface area contributed by atoms with Crippen LogP contribution in [-0.2, 0) is 27.5 Å². The van der Waals surface area contributed by atoms with Gasteiger partial charge in [0, 0.05) is 50.1 Å². The summed E-state index contributed by atoms with van der Waals surface area (Å²) in [5, 5.41) is 28.0. The number of carbonyl (C=O) groups excluding carboxylic acids is 2. The van der Waals surface area contributed by atoms with E-state index in [-0.39, 0.29) is 74.8 Å². The molecule has 1 heterocycles. The molecule has 6 atom stereocenters. The topological polar surface area (TPSA) is 139 Å². The summed E-state index contributed by atoms with van der Waals surface area (Å²) < 4.78 is 35.0. The second kappa shape index (κ2) is 27.0. The predicted octanol–water partition coefficient (Wildman–Crippen LogP) is 12.1. The molecule has 3 aliphatic carbocycles. The highest BCUT2D eigenvalue weighted by Crippen LogP contribution is 2.62. The molecule has 0 saturated heterocycles. The number of nitrogens with zero attached hydrogens (tertiary/aromatic N) is 2.